The number of hydrogen-bond donors (Lipinski definition) is 2. The normalized spacial score (nSPS) is 15.2. The third-order valence-electron chi connectivity index (χ3n) is 3.98. The summed E-state index contributed by atoms with van der Waals surface area (Å²) in [6.45, 7) is 2.81. The molecule has 3 nitrogen and oxygen atoms in total. The Labute approximate surface area is 130 Å². The molecule has 21 heavy (non-hydrogen) atoms. The van der Waals surface area contributed by atoms with Gasteiger partial charge in [0.05, 0.1) is 12.6 Å². The lowest BCUT2D eigenvalue weighted by Gasteiger charge is -2.26. The van der Waals surface area contributed by atoms with Gasteiger partial charge in [-0.25, -0.2) is 5.43 Å². The smallest absolute Gasteiger partial charge is 0.127 e. The molecule has 2 aromatic rings. The number of halogens is 1. The first-order valence-corrected chi connectivity index (χ1v) is 7.55. The van der Waals surface area contributed by atoms with Gasteiger partial charge in [0.25, 0.3) is 0 Å². The summed E-state index contributed by atoms with van der Waals surface area (Å²) >= 11 is 6.05. The van der Waals surface area contributed by atoms with E-state index in [-0.39, 0.29) is 6.04 Å². The van der Waals surface area contributed by atoms with Crippen LogP contribution in [0.5, 0.6) is 5.75 Å². The van der Waals surface area contributed by atoms with E-state index in [1.54, 1.807) is 0 Å². The van der Waals surface area contributed by atoms with Crippen LogP contribution in [0.15, 0.2) is 36.4 Å². The van der Waals surface area contributed by atoms with E-state index >= 15 is 0 Å². The Morgan fingerprint density at radius 3 is 2.86 bits per heavy atom. The third-order valence-corrected chi connectivity index (χ3v) is 4.22. The molecule has 0 saturated carbocycles. The monoisotopic (exact) mass is 302 g/mol. The molecule has 0 saturated heterocycles. The van der Waals surface area contributed by atoms with Gasteiger partial charge in [-0.2, -0.15) is 0 Å². The largest absolute Gasteiger partial charge is 0.493 e. The standard InChI is InChI=1S/C17H19ClN2O/c1-11-10-13(18)7-8-14(11)16(20-19)15-6-2-4-12-5-3-9-21-17(12)15/h2,4,6-8,10,16,20H,3,5,9,19H2,1H3. The van der Waals surface area contributed by atoms with Gasteiger partial charge in [-0.1, -0.05) is 35.9 Å². The van der Waals surface area contributed by atoms with Crippen molar-refractivity contribution < 1.29 is 4.74 Å². The van der Waals surface area contributed by atoms with Gasteiger partial charge >= 0.3 is 0 Å². The minimum atomic E-state index is -0.102. The van der Waals surface area contributed by atoms with Crippen LogP contribution in [0.2, 0.25) is 5.02 Å². The summed E-state index contributed by atoms with van der Waals surface area (Å²) < 4.78 is 5.90. The molecular formula is C17H19ClN2O. The summed E-state index contributed by atoms with van der Waals surface area (Å²) in [5, 5.41) is 0.735. The molecule has 0 aromatic heterocycles. The van der Waals surface area contributed by atoms with Gasteiger partial charge in [0, 0.05) is 10.6 Å². The molecule has 0 spiro atoms. The first-order chi connectivity index (χ1) is 10.2. The molecule has 1 atom stereocenters. The first kappa shape index (κ1) is 14.4. The summed E-state index contributed by atoms with van der Waals surface area (Å²) in [4.78, 5) is 0. The number of hydrazine groups is 1. The van der Waals surface area contributed by atoms with Crippen LogP contribution in [0.1, 0.15) is 34.7 Å². The molecule has 0 radical (unpaired) electrons. The quantitative estimate of drug-likeness (QED) is 0.673. The van der Waals surface area contributed by atoms with Crippen molar-refractivity contribution in [2.75, 3.05) is 6.61 Å². The van der Waals surface area contributed by atoms with Crippen molar-refractivity contribution in [2.45, 2.75) is 25.8 Å². The van der Waals surface area contributed by atoms with E-state index in [9.17, 15) is 0 Å². The van der Waals surface area contributed by atoms with Crippen molar-refractivity contribution in [1.82, 2.24) is 5.43 Å². The lowest BCUT2D eigenvalue weighted by Crippen LogP contribution is -2.30. The van der Waals surface area contributed by atoms with E-state index in [0.717, 1.165) is 46.9 Å². The predicted molar refractivity (Wildman–Crippen MR) is 85.6 cm³/mol. The molecule has 1 unspecified atom stereocenters. The Hall–Kier alpha value is -1.55. The van der Waals surface area contributed by atoms with Crippen LogP contribution in [-0.4, -0.2) is 6.61 Å². The third kappa shape index (κ3) is 2.77. The SMILES string of the molecule is Cc1cc(Cl)ccc1C(NN)c1cccc2c1OCCC2. The van der Waals surface area contributed by atoms with Gasteiger partial charge < -0.3 is 4.74 Å². The summed E-state index contributed by atoms with van der Waals surface area (Å²) in [6.07, 6.45) is 2.12. The molecule has 110 valence electrons. The van der Waals surface area contributed by atoms with Gasteiger partial charge in [0.1, 0.15) is 5.75 Å². The molecule has 4 heteroatoms. The molecule has 0 fully saturated rings. The lowest BCUT2D eigenvalue weighted by molar-refractivity contribution is 0.283. The number of aryl methyl sites for hydroxylation is 2. The van der Waals surface area contributed by atoms with Crippen LogP contribution >= 0.6 is 11.6 Å². The van der Waals surface area contributed by atoms with E-state index < -0.39 is 0 Å². The zero-order chi connectivity index (χ0) is 14.8. The van der Waals surface area contributed by atoms with Crippen molar-refractivity contribution in [2.24, 2.45) is 5.84 Å². The molecule has 0 bridgehead atoms. The summed E-state index contributed by atoms with van der Waals surface area (Å²) in [5.41, 5.74) is 7.49. The average molecular weight is 303 g/mol. The van der Waals surface area contributed by atoms with Crippen molar-refractivity contribution in [3.05, 3.63) is 63.7 Å². The maximum atomic E-state index is 6.05. The number of nitrogens with two attached hydrogens (primary N) is 1. The van der Waals surface area contributed by atoms with Gasteiger partial charge in [-0.05, 0) is 48.6 Å². The van der Waals surface area contributed by atoms with Crippen LogP contribution < -0.4 is 16.0 Å². The second kappa shape index (κ2) is 6.06. The molecule has 1 heterocycles. The Bertz CT molecular complexity index is 657. The zero-order valence-corrected chi connectivity index (χ0v) is 12.8. The van der Waals surface area contributed by atoms with Crippen LogP contribution in [0.4, 0.5) is 0 Å². The lowest BCUT2D eigenvalue weighted by atomic mass is 9.92. The maximum Gasteiger partial charge on any atom is 0.127 e. The zero-order valence-electron chi connectivity index (χ0n) is 12.0. The Kier molecular flexibility index (Phi) is 4.15. The number of hydrogen-bond acceptors (Lipinski definition) is 3. The minimum absolute atomic E-state index is 0.102. The van der Waals surface area contributed by atoms with E-state index in [1.165, 1.54) is 5.56 Å². The van der Waals surface area contributed by atoms with Crippen LogP contribution in [0.25, 0.3) is 0 Å². The average Bonchev–Trinajstić information content (AvgIpc) is 2.50. The minimum Gasteiger partial charge on any atom is -0.493 e. The fourth-order valence-corrected chi connectivity index (χ4v) is 3.18. The summed E-state index contributed by atoms with van der Waals surface area (Å²) in [5.74, 6) is 6.81. The van der Waals surface area contributed by atoms with Crippen LogP contribution in [-0.2, 0) is 6.42 Å². The number of fused-ring (bicyclic) bond motifs is 1. The highest BCUT2D eigenvalue weighted by molar-refractivity contribution is 6.30. The molecule has 3 N–H and O–H groups in total. The van der Waals surface area contributed by atoms with Gasteiger partial charge in [-0.3, -0.25) is 5.84 Å². The number of benzene rings is 2. The molecule has 2 aromatic carbocycles. The van der Waals surface area contributed by atoms with E-state index in [4.69, 9.17) is 22.2 Å². The Balaban J connectivity index is 2.08. The van der Waals surface area contributed by atoms with E-state index in [2.05, 4.69) is 23.6 Å². The molecular weight excluding hydrogens is 284 g/mol. The molecule has 3 rings (SSSR count). The highest BCUT2D eigenvalue weighted by Crippen LogP contribution is 2.36. The van der Waals surface area contributed by atoms with Crippen molar-refractivity contribution in [3.8, 4) is 5.75 Å². The highest BCUT2D eigenvalue weighted by atomic mass is 35.5. The fraction of sp³-hybridized carbons (Fsp3) is 0.294. The second-order valence-electron chi connectivity index (χ2n) is 5.39. The van der Waals surface area contributed by atoms with Gasteiger partial charge in [-0.15, -0.1) is 0 Å². The number of ether oxygens (including phenoxy) is 1. The topological polar surface area (TPSA) is 47.3 Å². The Morgan fingerprint density at radius 1 is 1.24 bits per heavy atom. The second-order valence-corrected chi connectivity index (χ2v) is 5.82. The first-order valence-electron chi connectivity index (χ1n) is 7.17. The number of nitrogens with one attached hydrogen (secondary N) is 1. The number of para-hydroxylation sites is 1. The Morgan fingerprint density at radius 2 is 2.10 bits per heavy atom. The molecule has 1 aliphatic rings. The van der Waals surface area contributed by atoms with Crippen molar-refractivity contribution in [3.63, 3.8) is 0 Å². The van der Waals surface area contributed by atoms with Gasteiger partial charge in [0.15, 0.2) is 0 Å². The van der Waals surface area contributed by atoms with E-state index in [1.807, 2.05) is 25.1 Å². The van der Waals surface area contributed by atoms with Crippen molar-refractivity contribution >= 4 is 11.6 Å². The number of rotatable bonds is 3. The van der Waals surface area contributed by atoms with Crippen molar-refractivity contribution in [1.29, 1.82) is 0 Å². The van der Waals surface area contributed by atoms with Gasteiger partial charge in [0.2, 0.25) is 0 Å². The van der Waals surface area contributed by atoms with Crippen LogP contribution in [0, 0.1) is 6.92 Å². The molecule has 1 aliphatic heterocycles. The molecule has 0 amide bonds. The summed E-state index contributed by atoms with van der Waals surface area (Å²) in [7, 11) is 0. The summed E-state index contributed by atoms with van der Waals surface area (Å²) in [6, 6.07) is 12.0. The highest BCUT2D eigenvalue weighted by Gasteiger charge is 2.22. The predicted octanol–water partition coefficient (Wildman–Crippen LogP) is 3.53. The molecule has 0 aliphatic carbocycles. The fourth-order valence-electron chi connectivity index (χ4n) is 2.95. The van der Waals surface area contributed by atoms with E-state index in [0.29, 0.717) is 0 Å². The maximum absolute atomic E-state index is 6.05. The van der Waals surface area contributed by atoms with Crippen LogP contribution in [0.3, 0.4) is 0 Å².